The number of aromatic nitrogens is 3. The maximum absolute atomic E-state index is 10.5. The molecule has 6 heteroatoms. The van der Waals surface area contributed by atoms with Gasteiger partial charge < -0.3 is 19.7 Å². The van der Waals surface area contributed by atoms with Crippen molar-refractivity contribution in [2.24, 2.45) is 0 Å². The Bertz CT molecular complexity index is 1280. The van der Waals surface area contributed by atoms with Gasteiger partial charge in [0.2, 0.25) is 0 Å². The molecule has 2 aromatic heterocycles. The highest BCUT2D eigenvalue weighted by atomic mass is 16.5. The number of aliphatic hydroxyl groups is 1. The van der Waals surface area contributed by atoms with Crippen molar-refractivity contribution in [3.05, 3.63) is 48.9 Å². The van der Waals surface area contributed by atoms with Gasteiger partial charge in [0.1, 0.15) is 23.5 Å². The van der Waals surface area contributed by atoms with Gasteiger partial charge in [-0.1, -0.05) is 18.2 Å². The predicted octanol–water partition coefficient (Wildman–Crippen LogP) is 5.38. The molecule has 2 N–H and O–H groups in total. The Morgan fingerprint density at radius 1 is 1.12 bits per heavy atom. The molecule has 4 aromatic rings. The van der Waals surface area contributed by atoms with Gasteiger partial charge in [-0.2, -0.15) is 0 Å². The summed E-state index contributed by atoms with van der Waals surface area (Å²) in [7, 11) is 0. The Balaban J connectivity index is 1.63. The maximum atomic E-state index is 10.5. The van der Waals surface area contributed by atoms with Gasteiger partial charge in [0.25, 0.3) is 0 Å². The normalized spacial score (nSPS) is 14.4. The van der Waals surface area contributed by atoms with Gasteiger partial charge in [-0.25, -0.2) is 9.97 Å². The van der Waals surface area contributed by atoms with E-state index in [9.17, 15) is 5.11 Å². The minimum Gasteiger partial charge on any atom is -0.490 e. The van der Waals surface area contributed by atoms with Crippen molar-refractivity contribution in [1.82, 2.24) is 14.5 Å². The van der Waals surface area contributed by atoms with E-state index in [2.05, 4.69) is 71.7 Å². The molecule has 32 heavy (non-hydrogen) atoms. The molecular weight excluding hydrogens is 400 g/mol. The third-order valence-corrected chi connectivity index (χ3v) is 5.59. The fourth-order valence-electron chi connectivity index (χ4n) is 4.11. The van der Waals surface area contributed by atoms with Crippen molar-refractivity contribution < 1.29 is 9.84 Å². The number of rotatable bonds is 7. The second-order valence-electron chi connectivity index (χ2n) is 9.74. The Labute approximate surface area is 188 Å². The molecule has 1 aliphatic carbocycles. The van der Waals surface area contributed by atoms with Crippen LogP contribution >= 0.6 is 0 Å². The van der Waals surface area contributed by atoms with Crippen LogP contribution in [-0.4, -0.2) is 37.4 Å². The molecule has 1 fully saturated rings. The first-order valence-electron chi connectivity index (χ1n) is 11.3. The van der Waals surface area contributed by atoms with Gasteiger partial charge in [-0.15, -0.1) is 0 Å². The zero-order chi connectivity index (χ0) is 22.5. The first kappa shape index (κ1) is 20.8. The lowest BCUT2D eigenvalue weighted by molar-refractivity contribution is 0.0627. The van der Waals surface area contributed by atoms with Crippen LogP contribution in [0.3, 0.4) is 0 Å². The Kier molecular flexibility index (Phi) is 5.05. The van der Waals surface area contributed by atoms with Gasteiger partial charge in [0, 0.05) is 17.8 Å². The van der Waals surface area contributed by atoms with E-state index in [0.29, 0.717) is 12.6 Å². The molecule has 0 saturated heterocycles. The maximum Gasteiger partial charge on any atom is 0.146 e. The number of fused-ring (bicyclic) bond motifs is 2. The molecule has 1 aliphatic rings. The summed E-state index contributed by atoms with van der Waals surface area (Å²) in [5.74, 6) is 1.74. The van der Waals surface area contributed by atoms with Crippen LogP contribution in [0.4, 0.5) is 5.82 Å². The summed E-state index contributed by atoms with van der Waals surface area (Å²) in [6, 6.07) is 13.0. The van der Waals surface area contributed by atoms with Crippen molar-refractivity contribution in [1.29, 1.82) is 0 Å². The van der Waals surface area contributed by atoms with Crippen LogP contribution < -0.4 is 10.1 Å². The highest BCUT2D eigenvalue weighted by Crippen LogP contribution is 2.37. The second-order valence-corrected chi connectivity index (χ2v) is 9.74. The van der Waals surface area contributed by atoms with Gasteiger partial charge in [0.05, 0.1) is 23.6 Å². The van der Waals surface area contributed by atoms with Crippen LogP contribution in [0, 0.1) is 0 Å². The third kappa shape index (κ3) is 4.28. The summed E-state index contributed by atoms with van der Waals surface area (Å²) in [4.78, 5) is 9.11. The van der Waals surface area contributed by atoms with E-state index in [1.165, 1.54) is 0 Å². The van der Waals surface area contributed by atoms with E-state index >= 15 is 0 Å². The summed E-state index contributed by atoms with van der Waals surface area (Å²) in [5, 5.41) is 17.2. The molecule has 0 bridgehead atoms. The van der Waals surface area contributed by atoms with Crippen LogP contribution in [0.15, 0.2) is 48.9 Å². The first-order chi connectivity index (χ1) is 15.3. The molecule has 1 saturated carbocycles. The zero-order valence-electron chi connectivity index (χ0n) is 19.1. The minimum atomic E-state index is -0.860. The van der Waals surface area contributed by atoms with Crippen LogP contribution in [0.1, 0.15) is 40.5 Å². The summed E-state index contributed by atoms with van der Waals surface area (Å²) in [6.45, 7) is 8.25. The Morgan fingerprint density at radius 3 is 2.59 bits per heavy atom. The monoisotopic (exact) mass is 430 g/mol. The lowest BCUT2D eigenvalue weighted by atomic mass is 10.0. The van der Waals surface area contributed by atoms with E-state index in [4.69, 9.17) is 4.74 Å². The van der Waals surface area contributed by atoms with Crippen molar-refractivity contribution >= 4 is 27.6 Å². The number of ether oxygens (including phenoxy) is 1. The highest BCUT2D eigenvalue weighted by Gasteiger charge is 2.24. The van der Waals surface area contributed by atoms with Gasteiger partial charge >= 0.3 is 0 Å². The van der Waals surface area contributed by atoms with E-state index in [0.717, 1.165) is 57.3 Å². The standard InChI is InChI=1S/C26H30N4O2/c1-16(2)29-24-23-22(13-30(14-26(3,4)31)25(23)28-15-27-24)19-6-5-18-12-21(32-20-9-10-20)8-7-17(18)11-19/h5-8,11-13,15-16,20,31H,9-10,14H2,1-4H3,(H,27,28,29). The van der Waals surface area contributed by atoms with Crippen molar-refractivity contribution in [3.63, 3.8) is 0 Å². The highest BCUT2D eigenvalue weighted by molar-refractivity contribution is 6.03. The quantitative estimate of drug-likeness (QED) is 0.412. The van der Waals surface area contributed by atoms with Gasteiger partial charge in [-0.3, -0.25) is 0 Å². The van der Waals surface area contributed by atoms with E-state index < -0.39 is 5.60 Å². The molecular formula is C26H30N4O2. The van der Waals surface area contributed by atoms with Crippen molar-refractivity contribution in [2.75, 3.05) is 5.32 Å². The lowest BCUT2D eigenvalue weighted by Crippen LogP contribution is -2.25. The summed E-state index contributed by atoms with van der Waals surface area (Å²) < 4.78 is 7.98. The van der Waals surface area contributed by atoms with Crippen LogP contribution in [0.2, 0.25) is 0 Å². The number of hydrogen-bond acceptors (Lipinski definition) is 5. The summed E-state index contributed by atoms with van der Waals surface area (Å²) in [6.07, 6.45) is 6.36. The Hall–Kier alpha value is -3.12. The predicted molar refractivity (Wildman–Crippen MR) is 129 cm³/mol. The van der Waals surface area contributed by atoms with Crippen LogP contribution in [-0.2, 0) is 6.54 Å². The average Bonchev–Trinajstić information content (AvgIpc) is 3.46. The molecule has 0 aliphatic heterocycles. The van der Waals surface area contributed by atoms with E-state index in [1.807, 2.05) is 18.4 Å². The lowest BCUT2D eigenvalue weighted by Gasteiger charge is -2.18. The van der Waals surface area contributed by atoms with Gasteiger partial charge in [0.15, 0.2) is 0 Å². The Morgan fingerprint density at radius 2 is 1.88 bits per heavy atom. The first-order valence-corrected chi connectivity index (χ1v) is 11.3. The zero-order valence-corrected chi connectivity index (χ0v) is 19.1. The van der Waals surface area contributed by atoms with Crippen molar-refractivity contribution in [2.45, 2.75) is 64.8 Å². The second kappa shape index (κ2) is 7.78. The number of anilines is 1. The molecule has 5 rings (SSSR count). The summed E-state index contributed by atoms with van der Waals surface area (Å²) >= 11 is 0. The molecule has 0 unspecified atom stereocenters. The minimum absolute atomic E-state index is 0.236. The van der Waals surface area contributed by atoms with Gasteiger partial charge in [-0.05, 0) is 75.1 Å². The largest absolute Gasteiger partial charge is 0.490 e. The molecule has 2 aromatic carbocycles. The summed E-state index contributed by atoms with van der Waals surface area (Å²) in [5.41, 5.74) is 2.09. The topological polar surface area (TPSA) is 72.2 Å². The number of nitrogens with zero attached hydrogens (tertiary/aromatic N) is 3. The molecule has 166 valence electrons. The SMILES string of the molecule is CC(C)Nc1ncnc2c1c(-c1ccc3cc(OC4CC4)ccc3c1)cn2CC(C)(C)O. The fraction of sp³-hybridized carbons (Fsp3) is 0.385. The number of benzene rings is 2. The van der Waals surface area contributed by atoms with Crippen molar-refractivity contribution in [3.8, 4) is 16.9 Å². The third-order valence-electron chi connectivity index (χ3n) is 5.59. The number of hydrogen-bond donors (Lipinski definition) is 2. The average molecular weight is 431 g/mol. The van der Waals surface area contributed by atoms with Crippen LogP contribution in [0.25, 0.3) is 32.9 Å². The number of nitrogens with one attached hydrogen (secondary N) is 1. The fourth-order valence-corrected chi connectivity index (χ4v) is 4.11. The molecule has 0 spiro atoms. The van der Waals surface area contributed by atoms with E-state index in [-0.39, 0.29) is 6.04 Å². The smallest absolute Gasteiger partial charge is 0.146 e. The van der Waals surface area contributed by atoms with E-state index in [1.54, 1.807) is 6.33 Å². The molecule has 2 heterocycles. The molecule has 6 nitrogen and oxygen atoms in total. The molecule has 0 amide bonds. The van der Waals surface area contributed by atoms with Crippen LogP contribution in [0.5, 0.6) is 5.75 Å². The molecule has 0 atom stereocenters. The molecule has 0 radical (unpaired) electrons.